The van der Waals surface area contributed by atoms with Gasteiger partial charge in [0.2, 0.25) is 0 Å². The number of benzene rings is 1. The van der Waals surface area contributed by atoms with Crippen molar-refractivity contribution in [2.45, 2.75) is 64.1 Å². The largest absolute Gasteiger partial charge is 0.444 e. The molecular weight excluding hydrogens is 634 g/mol. The molecule has 5 rings (SSSR count). The summed E-state index contributed by atoms with van der Waals surface area (Å²) < 4.78 is 34.2. The normalized spacial score (nSPS) is 15.5. The van der Waals surface area contributed by atoms with Crippen molar-refractivity contribution in [3.8, 4) is 0 Å². The number of aryl methyl sites for hydroxylation is 1. The van der Waals surface area contributed by atoms with Gasteiger partial charge in [0, 0.05) is 30.3 Å². The first-order valence-electron chi connectivity index (χ1n) is 13.9. The fourth-order valence-electron chi connectivity index (χ4n) is 5.05. The van der Waals surface area contributed by atoms with E-state index < -0.39 is 21.2 Å². The smallest absolute Gasteiger partial charge is 0.410 e. The quantitative estimate of drug-likeness (QED) is 0.280. The number of nitrogens with zero attached hydrogens (tertiary/aromatic N) is 6. The van der Waals surface area contributed by atoms with E-state index in [-0.39, 0.29) is 16.6 Å². The Labute approximate surface area is 260 Å². The van der Waals surface area contributed by atoms with Crippen molar-refractivity contribution < 1.29 is 17.9 Å². The van der Waals surface area contributed by atoms with E-state index in [4.69, 9.17) is 9.72 Å². The van der Waals surface area contributed by atoms with E-state index in [1.54, 1.807) is 29.2 Å². The van der Waals surface area contributed by atoms with Gasteiger partial charge in [-0.15, -0.1) is 0 Å². The number of carbonyl (C=O) groups is 1. The van der Waals surface area contributed by atoms with Crippen LogP contribution in [0, 0.1) is 6.92 Å². The number of ether oxygens (including phenoxy) is 1. The lowest BCUT2D eigenvalue weighted by atomic mass is 9.99. The Hall–Kier alpha value is -3.71. The predicted octanol–water partition coefficient (Wildman–Crippen LogP) is 5.58. The zero-order valence-electron chi connectivity index (χ0n) is 25.1. The number of halogens is 1. The molecule has 1 saturated heterocycles. The highest BCUT2D eigenvalue weighted by Crippen LogP contribution is 2.33. The fraction of sp³-hybridized carbons (Fsp3) is 0.400. The van der Waals surface area contributed by atoms with Crippen molar-refractivity contribution in [2.24, 2.45) is 0 Å². The number of anilines is 2. The van der Waals surface area contributed by atoms with Crippen LogP contribution in [0.1, 0.15) is 45.9 Å². The van der Waals surface area contributed by atoms with Crippen LogP contribution in [0.15, 0.2) is 64.4 Å². The van der Waals surface area contributed by atoms with Crippen LogP contribution in [0.25, 0.3) is 11.0 Å². The number of rotatable bonds is 6. The molecule has 0 spiro atoms. The highest BCUT2D eigenvalue weighted by atomic mass is 79.9. The molecule has 0 aliphatic carbocycles. The second-order valence-electron chi connectivity index (χ2n) is 12.2. The lowest BCUT2D eigenvalue weighted by Crippen LogP contribution is -2.62. The number of amides is 1. The van der Waals surface area contributed by atoms with Crippen molar-refractivity contribution in [1.82, 2.24) is 23.8 Å². The summed E-state index contributed by atoms with van der Waals surface area (Å²) in [6.45, 7) is 13.6. The lowest BCUT2D eigenvalue weighted by molar-refractivity contribution is 0.000303. The van der Waals surface area contributed by atoms with Gasteiger partial charge in [-0.1, -0.05) is 23.8 Å². The average Bonchev–Trinajstić information content (AvgIpc) is 3.28. The van der Waals surface area contributed by atoms with E-state index in [1.165, 1.54) is 16.5 Å². The molecule has 13 heteroatoms. The maximum absolute atomic E-state index is 13.4. The first-order chi connectivity index (χ1) is 20.2. The molecule has 1 aromatic carbocycles. The molecule has 228 valence electrons. The third-order valence-corrected chi connectivity index (χ3v) is 9.42. The lowest BCUT2D eigenvalue weighted by Gasteiger charge is -2.47. The topological polar surface area (TPSA) is 123 Å². The number of nitrogens with one attached hydrogen (secondary N) is 1. The summed E-state index contributed by atoms with van der Waals surface area (Å²) in [5.74, 6) is 1.29. The molecule has 1 aliphatic rings. The van der Waals surface area contributed by atoms with Gasteiger partial charge in [0.05, 0.1) is 28.1 Å². The minimum absolute atomic E-state index is 0.173. The van der Waals surface area contributed by atoms with Gasteiger partial charge in [0.15, 0.2) is 5.65 Å². The number of aromatic nitrogens is 4. The molecule has 1 aliphatic heterocycles. The van der Waals surface area contributed by atoms with Crippen LogP contribution in [-0.2, 0) is 21.3 Å². The minimum atomic E-state index is -3.87. The maximum atomic E-state index is 13.4. The summed E-state index contributed by atoms with van der Waals surface area (Å²) in [6, 6.07) is 12.5. The Morgan fingerprint density at radius 3 is 2.49 bits per heavy atom. The van der Waals surface area contributed by atoms with Crippen molar-refractivity contribution >= 4 is 54.7 Å². The van der Waals surface area contributed by atoms with Crippen molar-refractivity contribution in [1.29, 1.82) is 0 Å². The molecule has 1 amide bonds. The molecule has 0 radical (unpaired) electrons. The Bertz CT molecular complexity index is 1770. The molecule has 1 N–H and O–H groups in total. The van der Waals surface area contributed by atoms with Gasteiger partial charge in [-0.05, 0) is 81.7 Å². The SMILES string of the molecule is Cc1ccc(S(=O)(=O)n2cc(Br)c3c(NCc4cccc(N5CCN(C(=O)OC(C)(C)C)C(C)(C)C5)n4)ncnc32)cc1. The van der Waals surface area contributed by atoms with Crippen LogP contribution in [0.5, 0.6) is 0 Å². The Morgan fingerprint density at radius 1 is 1.09 bits per heavy atom. The van der Waals surface area contributed by atoms with Crippen molar-refractivity contribution in [3.05, 3.63) is 70.7 Å². The first kappa shape index (κ1) is 30.7. The molecule has 4 aromatic rings. The van der Waals surface area contributed by atoms with Gasteiger partial charge in [0.25, 0.3) is 10.0 Å². The fourth-order valence-corrected chi connectivity index (χ4v) is 7.08. The number of piperazine rings is 1. The second kappa shape index (κ2) is 11.4. The predicted molar refractivity (Wildman–Crippen MR) is 170 cm³/mol. The van der Waals surface area contributed by atoms with E-state index in [2.05, 4.69) is 36.1 Å². The van der Waals surface area contributed by atoms with Crippen LogP contribution in [0.4, 0.5) is 16.4 Å². The molecule has 3 aromatic heterocycles. The van der Waals surface area contributed by atoms with Gasteiger partial charge >= 0.3 is 6.09 Å². The van der Waals surface area contributed by atoms with Gasteiger partial charge in [-0.25, -0.2) is 32.1 Å². The molecule has 43 heavy (non-hydrogen) atoms. The Morgan fingerprint density at radius 2 is 1.81 bits per heavy atom. The summed E-state index contributed by atoms with van der Waals surface area (Å²) in [5.41, 5.74) is 0.990. The third kappa shape index (κ3) is 6.47. The van der Waals surface area contributed by atoms with Crippen LogP contribution < -0.4 is 10.2 Å². The van der Waals surface area contributed by atoms with Crippen LogP contribution in [-0.4, -0.2) is 69.1 Å². The highest BCUT2D eigenvalue weighted by Gasteiger charge is 2.39. The molecule has 0 saturated carbocycles. The second-order valence-corrected chi connectivity index (χ2v) is 14.9. The molecule has 11 nitrogen and oxygen atoms in total. The molecular formula is C30H36BrN7O4S. The molecule has 4 heterocycles. The summed E-state index contributed by atoms with van der Waals surface area (Å²) in [7, 11) is -3.87. The number of pyridine rings is 1. The van der Waals surface area contributed by atoms with Crippen molar-refractivity contribution in [3.63, 3.8) is 0 Å². The average molecular weight is 671 g/mol. The zero-order valence-corrected chi connectivity index (χ0v) is 27.5. The molecule has 0 unspecified atom stereocenters. The molecule has 0 atom stereocenters. The Balaban J connectivity index is 1.33. The highest BCUT2D eigenvalue weighted by molar-refractivity contribution is 9.10. The van der Waals surface area contributed by atoms with Gasteiger partial charge in [-0.2, -0.15) is 0 Å². The zero-order chi connectivity index (χ0) is 31.2. The monoisotopic (exact) mass is 669 g/mol. The van der Waals surface area contributed by atoms with E-state index in [0.717, 1.165) is 17.1 Å². The number of hydrogen-bond donors (Lipinski definition) is 1. The van der Waals surface area contributed by atoms with Crippen molar-refractivity contribution in [2.75, 3.05) is 29.9 Å². The van der Waals surface area contributed by atoms with Gasteiger partial charge < -0.3 is 15.0 Å². The molecule has 0 bridgehead atoms. The summed E-state index contributed by atoms with van der Waals surface area (Å²) in [4.78, 5) is 30.5. The standard InChI is InChI=1S/C30H36BrN7O4S/c1-20-10-12-22(13-11-20)43(40,41)38-17-23(31)25-26(33-19-34-27(25)38)32-16-21-8-7-9-24(35-21)36-14-15-37(30(5,6)18-36)28(39)42-29(2,3)4/h7-13,17,19H,14-16,18H2,1-6H3,(H,32,33,34). The first-order valence-corrected chi connectivity index (χ1v) is 16.2. The van der Waals surface area contributed by atoms with E-state index in [1.807, 2.05) is 59.7 Å². The van der Waals surface area contributed by atoms with E-state index in [9.17, 15) is 13.2 Å². The van der Waals surface area contributed by atoms with E-state index in [0.29, 0.717) is 41.9 Å². The van der Waals surface area contributed by atoms with E-state index >= 15 is 0 Å². The maximum Gasteiger partial charge on any atom is 0.410 e. The summed E-state index contributed by atoms with van der Waals surface area (Å²) >= 11 is 3.51. The third-order valence-electron chi connectivity index (χ3n) is 7.15. The minimum Gasteiger partial charge on any atom is -0.444 e. The number of fused-ring (bicyclic) bond motifs is 1. The van der Waals surface area contributed by atoms with Crippen LogP contribution in [0.3, 0.4) is 0 Å². The number of hydrogen-bond acceptors (Lipinski definition) is 9. The summed E-state index contributed by atoms with van der Waals surface area (Å²) in [6.07, 6.45) is 2.52. The Kier molecular flexibility index (Phi) is 8.16. The molecule has 1 fully saturated rings. The van der Waals surface area contributed by atoms with Crippen LogP contribution in [0.2, 0.25) is 0 Å². The van der Waals surface area contributed by atoms with Crippen LogP contribution >= 0.6 is 15.9 Å². The van der Waals surface area contributed by atoms with Gasteiger partial charge in [0.1, 0.15) is 23.6 Å². The number of carbonyl (C=O) groups excluding carboxylic acids is 1. The van der Waals surface area contributed by atoms with Gasteiger partial charge in [-0.3, -0.25) is 4.90 Å². The summed E-state index contributed by atoms with van der Waals surface area (Å²) in [5, 5.41) is 3.86.